The van der Waals surface area contributed by atoms with Crippen LogP contribution < -0.4 is 15.0 Å². The van der Waals surface area contributed by atoms with E-state index < -0.39 is 0 Å². The molecule has 4 rings (SSSR count). The molecule has 0 unspecified atom stereocenters. The molecule has 1 aliphatic rings. The average Bonchev–Trinajstić information content (AvgIpc) is 3.29. The number of nitrogens with zero attached hydrogens (tertiary/aromatic N) is 3. The zero-order valence-corrected chi connectivity index (χ0v) is 18.2. The van der Waals surface area contributed by atoms with Crippen molar-refractivity contribution in [3.63, 3.8) is 0 Å². The third-order valence-electron chi connectivity index (χ3n) is 5.72. The third-order valence-corrected chi connectivity index (χ3v) is 5.72. The number of amides is 1. The number of piperidine rings is 1. The summed E-state index contributed by atoms with van der Waals surface area (Å²) >= 11 is 0. The summed E-state index contributed by atoms with van der Waals surface area (Å²) in [6.07, 6.45) is 1.47. The second-order valence-corrected chi connectivity index (χ2v) is 8.16. The molecular weight excluding hydrogens is 392 g/mol. The lowest BCUT2D eigenvalue weighted by molar-refractivity contribution is -0.120. The van der Waals surface area contributed by atoms with E-state index in [0.717, 1.165) is 29.8 Å². The Hall–Kier alpha value is -3.35. The number of rotatable bonds is 6. The fourth-order valence-corrected chi connectivity index (χ4v) is 3.76. The summed E-state index contributed by atoms with van der Waals surface area (Å²) in [5, 5.41) is 7.13. The summed E-state index contributed by atoms with van der Waals surface area (Å²) in [6, 6.07) is 16.2. The van der Waals surface area contributed by atoms with Gasteiger partial charge in [0, 0.05) is 36.3 Å². The number of hydrogen-bond acceptors (Lipinski definition) is 6. The van der Waals surface area contributed by atoms with Crippen LogP contribution in [0.4, 0.5) is 11.7 Å². The van der Waals surface area contributed by atoms with Crippen LogP contribution >= 0.6 is 0 Å². The molecule has 0 bridgehead atoms. The van der Waals surface area contributed by atoms with Crippen LogP contribution in [0, 0.1) is 5.92 Å². The summed E-state index contributed by atoms with van der Waals surface area (Å²) in [5.74, 6) is 1.77. The van der Waals surface area contributed by atoms with Gasteiger partial charge in [0.2, 0.25) is 11.7 Å². The van der Waals surface area contributed by atoms with Gasteiger partial charge in [-0.3, -0.25) is 4.79 Å². The van der Waals surface area contributed by atoms with Crippen molar-refractivity contribution in [3.05, 3.63) is 54.1 Å². The molecule has 7 heteroatoms. The number of benzene rings is 2. The summed E-state index contributed by atoms with van der Waals surface area (Å²) in [4.78, 5) is 19.3. The van der Waals surface area contributed by atoms with Crippen molar-refractivity contribution in [1.82, 2.24) is 10.1 Å². The van der Waals surface area contributed by atoms with E-state index in [-0.39, 0.29) is 11.8 Å². The maximum Gasteiger partial charge on any atom is 0.324 e. The highest BCUT2D eigenvalue weighted by Crippen LogP contribution is 2.27. The first kappa shape index (κ1) is 20.9. The molecule has 1 N–H and O–H groups in total. The van der Waals surface area contributed by atoms with Gasteiger partial charge < -0.3 is 19.5 Å². The number of carbonyl (C=O) groups is 1. The minimum absolute atomic E-state index is 0.0318. The Kier molecular flexibility index (Phi) is 6.21. The molecule has 0 aliphatic carbocycles. The monoisotopic (exact) mass is 420 g/mol. The Morgan fingerprint density at radius 1 is 1.16 bits per heavy atom. The van der Waals surface area contributed by atoms with Crippen LogP contribution in [0.2, 0.25) is 0 Å². The minimum atomic E-state index is -0.0478. The van der Waals surface area contributed by atoms with E-state index in [9.17, 15) is 4.79 Å². The molecule has 3 aromatic rings. The normalized spacial score (nSPS) is 14.6. The van der Waals surface area contributed by atoms with Crippen molar-refractivity contribution in [2.24, 2.45) is 5.92 Å². The van der Waals surface area contributed by atoms with Crippen molar-refractivity contribution in [3.8, 4) is 17.1 Å². The van der Waals surface area contributed by atoms with Gasteiger partial charge in [-0.05, 0) is 36.5 Å². The number of nitrogens with one attached hydrogen (secondary N) is 1. The summed E-state index contributed by atoms with van der Waals surface area (Å²) < 4.78 is 10.7. The smallest absolute Gasteiger partial charge is 0.324 e. The average molecular weight is 421 g/mol. The first-order valence-electron chi connectivity index (χ1n) is 10.7. The van der Waals surface area contributed by atoms with Crippen molar-refractivity contribution in [2.45, 2.75) is 32.6 Å². The van der Waals surface area contributed by atoms with Gasteiger partial charge in [-0.2, -0.15) is 4.98 Å². The largest absolute Gasteiger partial charge is 0.497 e. The molecule has 0 saturated carbocycles. The van der Waals surface area contributed by atoms with Gasteiger partial charge in [0.15, 0.2) is 0 Å². The molecule has 1 aromatic heterocycles. The highest BCUT2D eigenvalue weighted by Gasteiger charge is 2.27. The number of anilines is 2. The lowest BCUT2D eigenvalue weighted by Gasteiger charge is -2.29. The van der Waals surface area contributed by atoms with E-state index in [1.54, 1.807) is 7.11 Å². The van der Waals surface area contributed by atoms with Gasteiger partial charge in [-0.25, -0.2) is 0 Å². The van der Waals surface area contributed by atoms with Crippen LogP contribution in [0.15, 0.2) is 53.1 Å². The Morgan fingerprint density at radius 3 is 2.58 bits per heavy atom. The summed E-state index contributed by atoms with van der Waals surface area (Å²) in [6.45, 7) is 5.73. The van der Waals surface area contributed by atoms with Gasteiger partial charge in [0.05, 0.1) is 7.11 Å². The number of methoxy groups -OCH3 is 1. The first-order chi connectivity index (χ1) is 15.0. The third kappa shape index (κ3) is 4.87. The molecule has 7 nitrogen and oxygen atoms in total. The van der Waals surface area contributed by atoms with E-state index in [0.29, 0.717) is 30.8 Å². The van der Waals surface area contributed by atoms with E-state index in [1.165, 1.54) is 5.56 Å². The number of hydrogen-bond donors (Lipinski definition) is 1. The van der Waals surface area contributed by atoms with Gasteiger partial charge >= 0.3 is 6.01 Å². The van der Waals surface area contributed by atoms with E-state index in [4.69, 9.17) is 9.26 Å². The van der Waals surface area contributed by atoms with E-state index in [1.807, 2.05) is 41.3 Å². The first-order valence-corrected chi connectivity index (χ1v) is 10.7. The van der Waals surface area contributed by atoms with Crippen molar-refractivity contribution >= 4 is 17.6 Å². The number of ether oxygens (including phenoxy) is 1. The summed E-state index contributed by atoms with van der Waals surface area (Å²) in [7, 11) is 1.61. The van der Waals surface area contributed by atoms with Crippen molar-refractivity contribution in [2.75, 3.05) is 30.4 Å². The van der Waals surface area contributed by atoms with Crippen LogP contribution in [0.1, 0.15) is 38.2 Å². The van der Waals surface area contributed by atoms with Crippen molar-refractivity contribution in [1.29, 1.82) is 0 Å². The quantitative estimate of drug-likeness (QED) is 0.621. The van der Waals surface area contributed by atoms with Crippen LogP contribution in [0.25, 0.3) is 11.4 Å². The molecule has 0 radical (unpaired) electrons. The van der Waals surface area contributed by atoms with Gasteiger partial charge in [0.1, 0.15) is 5.75 Å². The predicted octanol–water partition coefficient (Wildman–Crippen LogP) is 4.72. The van der Waals surface area contributed by atoms with E-state index >= 15 is 0 Å². The fourth-order valence-electron chi connectivity index (χ4n) is 3.76. The molecule has 0 spiro atoms. The molecule has 1 saturated heterocycles. The standard InChI is InChI=1S/C24H28N4O3/c1-16(2)17-7-9-18(10-8-17)22-26-24(31-27-22)28-13-11-19(12-14-28)23(29)25-20-5-4-6-21(15-20)30-3/h4-10,15-16,19H,11-14H2,1-3H3,(H,25,29). The lowest BCUT2D eigenvalue weighted by Crippen LogP contribution is -2.38. The lowest BCUT2D eigenvalue weighted by atomic mass is 9.96. The maximum atomic E-state index is 12.7. The van der Waals surface area contributed by atoms with Gasteiger partial charge in [-0.1, -0.05) is 49.3 Å². The Bertz CT molecular complexity index is 1020. The topological polar surface area (TPSA) is 80.5 Å². The molecule has 1 aliphatic heterocycles. The summed E-state index contributed by atoms with van der Waals surface area (Å²) in [5.41, 5.74) is 2.96. The Balaban J connectivity index is 1.34. The van der Waals surface area contributed by atoms with Gasteiger partial charge in [-0.15, -0.1) is 0 Å². The van der Waals surface area contributed by atoms with Crippen LogP contribution in [0.5, 0.6) is 5.75 Å². The second kappa shape index (κ2) is 9.20. The molecule has 2 aromatic carbocycles. The molecule has 31 heavy (non-hydrogen) atoms. The molecule has 1 amide bonds. The van der Waals surface area contributed by atoms with Crippen LogP contribution in [-0.4, -0.2) is 36.2 Å². The molecule has 0 atom stereocenters. The van der Waals surface area contributed by atoms with Crippen LogP contribution in [-0.2, 0) is 4.79 Å². The highest BCUT2D eigenvalue weighted by atomic mass is 16.5. The molecule has 2 heterocycles. The molecular formula is C24H28N4O3. The fraction of sp³-hybridized carbons (Fsp3) is 0.375. The Morgan fingerprint density at radius 2 is 1.90 bits per heavy atom. The molecule has 1 fully saturated rings. The maximum absolute atomic E-state index is 12.7. The van der Waals surface area contributed by atoms with E-state index in [2.05, 4.69) is 41.4 Å². The predicted molar refractivity (Wildman–Crippen MR) is 120 cm³/mol. The zero-order valence-electron chi connectivity index (χ0n) is 18.2. The SMILES string of the molecule is COc1cccc(NC(=O)C2CCN(c3nc(-c4ccc(C(C)C)cc4)no3)CC2)c1. The Labute approximate surface area is 182 Å². The zero-order chi connectivity index (χ0) is 21.8. The van der Waals surface area contributed by atoms with Gasteiger partial charge in [0.25, 0.3) is 0 Å². The second-order valence-electron chi connectivity index (χ2n) is 8.16. The molecule has 162 valence electrons. The van der Waals surface area contributed by atoms with Crippen molar-refractivity contribution < 1.29 is 14.1 Å². The highest BCUT2D eigenvalue weighted by molar-refractivity contribution is 5.92. The number of carbonyl (C=O) groups excluding carboxylic acids is 1. The minimum Gasteiger partial charge on any atom is -0.497 e. The number of aromatic nitrogens is 2. The van der Waals surface area contributed by atoms with Crippen LogP contribution in [0.3, 0.4) is 0 Å².